The highest BCUT2D eigenvalue weighted by Gasteiger charge is 2.15. The summed E-state index contributed by atoms with van der Waals surface area (Å²) in [6.45, 7) is 3.20. The lowest BCUT2D eigenvalue weighted by atomic mass is 10.1. The molecule has 2 aromatic carbocycles. The van der Waals surface area contributed by atoms with Gasteiger partial charge >= 0.3 is 0 Å². The van der Waals surface area contributed by atoms with E-state index in [2.05, 4.69) is 14.9 Å². The van der Waals surface area contributed by atoms with Crippen molar-refractivity contribution >= 4 is 28.4 Å². The Morgan fingerprint density at radius 2 is 1.83 bits per heavy atom. The predicted molar refractivity (Wildman–Crippen MR) is 118 cm³/mol. The third-order valence-electron chi connectivity index (χ3n) is 4.91. The fourth-order valence-electron chi connectivity index (χ4n) is 3.48. The number of aryl methyl sites for hydroxylation is 1. The van der Waals surface area contributed by atoms with E-state index in [0.29, 0.717) is 30.1 Å². The average Bonchev–Trinajstić information content (AvgIpc) is 3.08. The van der Waals surface area contributed by atoms with E-state index >= 15 is 0 Å². The summed E-state index contributed by atoms with van der Waals surface area (Å²) in [5.41, 5.74) is 4.82. The highest BCUT2D eigenvalue weighted by atomic mass is 35.5. The lowest BCUT2D eigenvalue weighted by Gasteiger charge is -2.05. The van der Waals surface area contributed by atoms with Crippen molar-refractivity contribution in [2.45, 2.75) is 19.9 Å². The summed E-state index contributed by atoms with van der Waals surface area (Å²) in [6, 6.07) is 21.7. The predicted octanol–water partition coefficient (Wildman–Crippen LogP) is 5.02. The zero-order valence-corrected chi connectivity index (χ0v) is 17.0. The number of halogens is 1. The highest BCUT2D eigenvalue weighted by Crippen LogP contribution is 2.23. The van der Waals surface area contributed by atoms with Crippen LogP contribution < -0.4 is 5.32 Å². The van der Waals surface area contributed by atoms with Crippen molar-refractivity contribution in [2.24, 2.45) is 0 Å². The van der Waals surface area contributed by atoms with Gasteiger partial charge in [0.2, 0.25) is 0 Å². The fourth-order valence-corrected chi connectivity index (χ4v) is 3.61. The number of fused-ring (bicyclic) bond motifs is 1. The van der Waals surface area contributed by atoms with Gasteiger partial charge in [-0.05, 0) is 42.8 Å². The van der Waals surface area contributed by atoms with Crippen molar-refractivity contribution in [2.75, 3.05) is 6.54 Å². The molecule has 1 amide bonds. The topological polar surface area (TPSA) is 46.9 Å². The number of amides is 1. The van der Waals surface area contributed by atoms with E-state index in [1.165, 1.54) is 0 Å². The van der Waals surface area contributed by atoms with Gasteiger partial charge in [-0.1, -0.05) is 48.0 Å². The van der Waals surface area contributed by atoms with Crippen LogP contribution in [0.5, 0.6) is 0 Å². The number of aromatic nitrogens is 2. The molecule has 0 atom stereocenters. The second kappa shape index (κ2) is 8.50. The molecule has 4 aromatic rings. The van der Waals surface area contributed by atoms with Crippen molar-refractivity contribution in [1.82, 2.24) is 14.9 Å². The van der Waals surface area contributed by atoms with Crippen molar-refractivity contribution in [3.63, 3.8) is 0 Å². The van der Waals surface area contributed by atoms with Gasteiger partial charge in [-0.15, -0.1) is 0 Å². The standard InChI is InChI=1S/C24H22ClN3O/c1-17-5-4-6-20(27-17)13-14-26-24(29)22-16-28(23-8-3-2-7-21(22)23)15-18-9-11-19(25)12-10-18/h2-12,16H,13-15H2,1H3,(H,26,29). The molecular weight excluding hydrogens is 382 g/mol. The number of benzene rings is 2. The number of para-hydroxylation sites is 1. The van der Waals surface area contributed by atoms with Crippen LogP contribution in [0.3, 0.4) is 0 Å². The normalized spacial score (nSPS) is 11.0. The van der Waals surface area contributed by atoms with Crippen LogP contribution in [0.15, 0.2) is 72.9 Å². The van der Waals surface area contributed by atoms with Crippen LogP contribution in [0.2, 0.25) is 5.02 Å². The Morgan fingerprint density at radius 3 is 2.62 bits per heavy atom. The Morgan fingerprint density at radius 1 is 1.03 bits per heavy atom. The second-order valence-electron chi connectivity index (χ2n) is 7.09. The number of hydrogen-bond donors (Lipinski definition) is 1. The average molecular weight is 404 g/mol. The zero-order valence-electron chi connectivity index (χ0n) is 16.2. The molecule has 2 aromatic heterocycles. The van der Waals surface area contributed by atoms with Crippen LogP contribution in [0.25, 0.3) is 10.9 Å². The zero-order chi connectivity index (χ0) is 20.2. The van der Waals surface area contributed by atoms with Crippen LogP contribution in [0, 0.1) is 6.92 Å². The number of pyridine rings is 1. The SMILES string of the molecule is Cc1cccc(CCNC(=O)c2cn(Cc3ccc(Cl)cc3)c3ccccc23)n1. The molecule has 0 saturated heterocycles. The van der Waals surface area contributed by atoms with Crippen molar-refractivity contribution in [3.8, 4) is 0 Å². The molecule has 0 aliphatic rings. The monoisotopic (exact) mass is 403 g/mol. The Bertz CT molecular complexity index is 1150. The molecular formula is C24H22ClN3O. The molecule has 2 heterocycles. The minimum absolute atomic E-state index is 0.0660. The van der Waals surface area contributed by atoms with E-state index < -0.39 is 0 Å². The molecule has 29 heavy (non-hydrogen) atoms. The number of carbonyl (C=O) groups is 1. The molecule has 0 radical (unpaired) electrons. The summed E-state index contributed by atoms with van der Waals surface area (Å²) in [5.74, 6) is -0.0660. The number of hydrogen-bond acceptors (Lipinski definition) is 2. The van der Waals surface area contributed by atoms with E-state index in [9.17, 15) is 4.79 Å². The molecule has 0 aliphatic heterocycles. The van der Waals surface area contributed by atoms with Crippen molar-refractivity contribution in [1.29, 1.82) is 0 Å². The molecule has 0 fully saturated rings. The molecule has 0 saturated carbocycles. The molecule has 4 nitrogen and oxygen atoms in total. The number of rotatable bonds is 6. The maximum absolute atomic E-state index is 12.9. The first-order valence-corrected chi connectivity index (χ1v) is 10.0. The Balaban J connectivity index is 1.52. The van der Waals surface area contributed by atoms with Gasteiger partial charge in [-0.2, -0.15) is 0 Å². The first-order valence-electron chi connectivity index (χ1n) is 9.63. The summed E-state index contributed by atoms with van der Waals surface area (Å²) in [6.07, 6.45) is 2.64. The summed E-state index contributed by atoms with van der Waals surface area (Å²) in [4.78, 5) is 17.3. The molecule has 146 valence electrons. The lowest BCUT2D eigenvalue weighted by Crippen LogP contribution is -2.25. The Kier molecular flexibility index (Phi) is 5.63. The summed E-state index contributed by atoms with van der Waals surface area (Å²) in [5, 5.41) is 4.70. The van der Waals surface area contributed by atoms with E-state index in [-0.39, 0.29) is 5.91 Å². The third kappa shape index (κ3) is 4.49. The van der Waals surface area contributed by atoms with Gasteiger partial charge in [-0.3, -0.25) is 9.78 Å². The maximum Gasteiger partial charge on any atom is 0.253 e. The smallest absolute Gasteiger partial charge is 0.253 e. The molecule has 1 N–H and O–H groups in total. The van der Waals surface area contributed by atoms with Gasteiger partial charge in [0.05, 0.1) is 5.56 Å². The van der Waals surface area contributed by atoms with E-state index in [1.54, 1.807) is 0 Å². The van der Waals surface area contributed by atoms with Crippen molar-refractivity contribution < 1.29 is 4.79 Å². The van der Waals surface area contributed by atoms with E-state index in [4.69, 9.17) is 11.6 Å². The molecule has 5 heteroatoms. The number of nitrogens with zero attached hydrogens (tertiary/aromatic N) is 2. The first kappa shape index (κ1) is 19.2. The van der Waals surface area contributed by atoms with E-state index in [1.807, 2.05) is 79.9 Å². The third-order valence-corrected chi connectivity index (χ3v) is 5.16. The van der Waals surface area contributed by atoms with Crippen LogP contribution in [0.4, 0.5) is 0 Å². The van der Waals surface area contributed by atoms with Gasteiger partial charge in [0.15, 0.2) is 0 Å². The Hall–Kier alpha value is -3.11. The fraction of sp³-hybridized carbons (Fsp3) is 0.167. The van der Waals surface area contributed by atoms with E-state index in [0.717, 1.165) is 27.9 Å². The van der Waals surface area contributed by atoms with Crippen LogP contribution in [-0.2, 0) is 13.0 Å². The van der Waals surface area contributed by atoms with Gasteiger partial charge in [-0.25, -0.2) is 0 Å². The largest absolute Gasteiger partial charge is 0.352 e. The lowest BCUT2D eigenvalue weighted by molar-refractivity contribution is 0.0955. The number of carbonyl (C=O) groups excluding carboxylic acids is 1. The minimum Gasteiger partial charge on any atom is -0.352 e. The quantitative estimate of drug-likeness (QED) is 0.491. The van der Waals surface area contributed by atoms with Crippen molar-refractivity contribution in [3.05, 3.63) is 100 Å². The van der Waals surface area contributed by atoms with Crippen LogP contribution in [-0.4, -0.2) is 22.0 Å². The Labute approximate surface area is 175 Å². The second-order valence-corrected chi connectivity index (χ2v) is 7.53. The molecule has 0 aliphatic carbocycles. The summed E-state index contributed by atoms with van der Waals surface area (Å²) >= 11 is 5.99. The maximum atomic E-state index is 12.9. The van der Waals surface area contributed by atoms with Gasteiger partial charge in [0.25, 0.3) is 5.91 Å². The van der Waals surface area contributed by atoms with Gasteiger partial charge < -0.3 is 9.88 Å². The summed E-state index contributed by atoms with van der Waals surface area (Å²) < 4.78 is 2.11. The molecule has 0 bridgehead atoms. The van der Waals surface area contributed by atoms with Crippen LogP contribution >= 0.6 is 11.6 Å². The van der Waals surface area contributed by atoms with Gasteiger partial charge in [0.1, 0.15) is 0 Å². The molecule has 0 spiro atoms. The highest BCUT2D eigenvalue weighted by molar-refractivity contribution is 6.30. The van der Waals surface area contributed by atoms with Crippen LogP contribution in [0.1, 0.15) is 27.3 Å². The summed E-state index contributed by atoms with van der Waals surface area (Å²) in [7, 11) is 0. The number of nitrogens with one attached hydrogen (secondary N) is 1. The first-order chi connectivity index (χ1) is 14.1. The molecule has 0 unspecified atom stereocenters. The molecule has 4 rings (SSSR count). The van der Waals surface area contributed by atoms with Gasteiger partial charge in [0, 0.05) is 53.0 Å². The minimum atomic E-state index is -0.0660.